The van der Waals surface area contributed by atoms with Crippen LogP contribution in [0.25, 0.3) is 0 Å². The number of carboxylic acids is 1. The fourth-order valence-electron chi connectivity index (χ4n) is 2.17. The number of rotatable bonds is 6. The average molecular weight is 285 g/mol. The summed E-state index contributed by atoms with van der Waals surface area (Å²) in [5.74, 6) is -0.561. The molecule has 2 rings (SSSR count). The zero-order valence-electron chi connectivity index (χ0n) is 10.6. The van der Waals surface area contributed by atoms with Crippen LogP contribution in [0.1, 0.15) is 36.0 Å². The van der Waals surface area contributed by atoms with E-state index >= 15 is 0 Å². The summed E-state index contributed by atoms with van der Waals surface area (Å²) in [6, 6.07) is 2.79. The van der Waals surface area contributed by atoms with Crippen molar-refractivity contribution in [1.82, 2.24) is 4.98 Å². The molecule has 0 saturated heterocycles. The van der Waals surface area contributed by atoms with Gasteiger partial charge in [-0.1, -0.05) is 24.4 Å². The maximum Gasteiger partial charge on any atom is 0.335 e. The van der Waals surface area contributed by atoms with Gasteiger partial charge >= 0.3 is 5.97 Å². The maximum absolute atomic E-state index is 10.9. The number of hydrogen-bond acceptors (Lipinski definition) is 4. The zero-order chi connectivity index (χ0) is 13.7. The van der Waals surface area contributed by atoms with E-state index in [4.69, 9.17) is 21.4 Å². The Kier molecular flexibility index (Phi) is 4.99. The molecular weight excluding hydrogens is 268 g/mol. The van der Waals surface area contributed by atoms with E-state index in [1.54, 1.807) is 0 Å². The Morgan fingerprint density at radius 1 is 1.47 bits per heavy atom. The molecule has 1 aliphatic rings. The molecule has 1 aromatic heterocycles. The van der Waals surface area contributed by atoms with E-state index in [0.29, 0.717) is 25.1 Å². The number of hydrogen-bond donors (Lipinski definition) is 2. The molecule has 5 nitrogen and oxygen atoms in total. The van der Waals surface area contributed by atoms with Crippen molar-refractivity contribution < 1.29 is 14.6 Å². The van der Waals surface area contributed by atoms with Crippen LogP contribution in [0.2, 0.25) is 5.15 Å². The Hall–Kier alpha value is -1.33. The Morgan fingerprint density at radius 3 is 2.89 bits per heavy atom. The third-order valence-electron chi connectivity index (χ3n) is 3.10. The average Bonchev–Trinajstić information content (AvgIpc) is 2.87. The van der Waals surface area contributed by atoms with Gasteiger partial charge in [0.2, 0.25) is 0 Å². The normalized spacial score (nSPS) is 15.6. The van der Waals surface area contributed by atoms with Crippen molar-refractivity contribution in [3.8, 4) is 0 Å². The molecule has 6 heteroatoms. The SMILES string of the molecule is O=C(O)c1cc(Cl)nc(NCCOC2CCCC2)c1. The number of aromatic carboxylic acids is 1. The molecule has 2 N–H and O–H groups in total. The van der Waals surface area contributed by atoms with Crippen LogP contribution in [0.15, 0.2) is 12.1 Å². The van der Waals surface area contributed by atoms with E-state index in [1.165, 1.54) is 25.0 Å². The second kappa shape index (κ2) is 6.73. The highest BCUT2D eigenvalue weighted by Gasteiger charge is 2.14. The molecule has 0 bridgehead atoms. The third kappa shape index (κ3) is 4.36. The Balaban J connectivity index is 1.80. The summed E-state index contributed by atoms with van der Waals surface area (Å²) in [5.41, 5.74) is 0.124. The predicted molar refractivity (Wildman–Crippen MR) is 72.9 cm³/mol. The number of nitrogens with zero attached hydrogens (tertiary/aromatic N) is 1. The van der Waals surface area contributed by atoms with Gasteiger partial charge in [0.05, 0.1) is 18.3 Å². The Labute approximate surface area is 116 Å². The fraction of sp³-hybridized carbons (Fsp3) is 0.538. The van der Waals surface area contributed by atoms with Gasteiger partial charge in [0, 0.05) is 6.54 Å². The van der Waals surface area contributed by atoms with Crippen molar-refractivity contribution in [2.45, 2.75) is 31.8 Å². The van der Waals surface area contributed by atoms with E-state index in [0.717, 1.165) is 12.8 Å². The van der Waals surface area contributed by atoms with Crippen molar-refractivity contribution in [1.29, 1.82) is 0 Å². The predicted octanol–water partition coefficient (Wildman–Crippen LogP) is 2.80. The number of pyridine rings is 1. The molecule has 0 aliphatic heterocycles. The number of carbonyl (C=O) groups is 1. The number of nitrogens with one attached hydrogen (secondary N) is 1. The van der Waals surface area contributed by atoms with Crippen LogP contribution in [0.5, 0.6) is 0 Å². The highest BCUT2D eigenvalue weighted by atomic mass is 35.5. The topological polar surface area (TPSA) is 71.5 Å². The number of ether oxygens (including phenoxy) is 1. The van der Waals surface area contributed by atoms with Crippen LogP contribution in [0.4, 0.5) is 5.82 Å². The summed E-state index contributed by atoms with van der Waals surface area (Å²) in [6.45, 7) is 1.17. The number of aromatic nitrogens is 1. The summed E-state index contributed by atoms with van der Waals surface area (Å²) in [5, 5.41) is 12.1. The standard InChI is InChI=1S/C13H17ClN2O3/c14-11-7-9(13(17)18)8-12(16-11)15-5-6-19-10-3-1-2-4-10/h7-8,10H,1-6H2,(H,15,16)(H,17,18). The van der Waals surface area contributed by atoms with Gasteiger partial charge in [-0.3, -0.25) is 0 Å². The summed E-state index contributed by atoms with van der Waals surface area (Å²) >= 11 is 5.76. The van der Waals surface area contributed by atoms with Gasteiger partial charge in [-0.2, -0.15) is 0 Å². The van der Waals surface area contributed by atoms with Crippen LogP contribution in [0, 0.1) is 0 Å². The molecule has 0 aromatic carbocycles. The molecule has 1 aliphatic carbocycles. The van der Waals surface area contributed by atoms with Crippen LogP contribution < -0.4 is 5.32 Å². The minimum Gasteiger partial charge on any atom is -0.478 e. The minimum absolute atomic E-state index is 0.124. The van der Waals surface area contributed by atoms with Crippen molar-refractivity contribution in [3.05, 3.63) is 22.8 Å². The molecule has 19 heavy (non-hydrogen) atoms. The molecule has 0 unspecified atom stereocenters. The third-order valence-corrected chi connectivity index (χ3v) is 3.30. The second-order valence-corrected chi connectivity index (χ2v) is 4.96. The van der Waals surface area contributed by atoms with Crippen LogP contribution in [0.3, 0.4) is 0 Å². The minimum atomic E-state index is -1.02. The molecule has 1 heterocycles. The van der Waals surface area contributed by atoms with Crippen LogP contribution >= 0.6 is 11.6 Å². The van der Waals surface area contributed by atoms with Crippen molar-refractivity contribution in [2.75, 3.05) is 18.5 Å². The lowest BCUT2D eigenvalue weighted by molar-refractivity contribution is 0.0658. The van der Waals surface area contributed by atoms with Crippen molar-refractivity contribution >= 4 is 23.4 Å². The number of carboxylic acid groups (broad SMARTS) is 1. The first-order valence-electron chi connectivity index (χ1n) is 6.41. The van der Waals surface area contributed by atoms with Gasteiger partial charge in [-0.05, 0) is 25.0 Å². The van der Waals surface area contributed by atoms with Gasteiger partial charge in [0.25, 0.3) is 0 Å². The van der Waals surface area contributed by atoms with E-state index < -0.39 is 5.97 Å². The Bertz CT molecular complexity index is 448. The van der Waals surface area contributed by atoms with Gasteiger partial charge in [-0.25, -0.2) is 9.78 Å². The molecule has 0 spiro atoms. The molecule has 1 saturated carbocycles. The molecule has 0 amide bonds. The largest absolute Gasteiger partial charge is 0.478 e. The van der Waals surface area contributed by atoms with E-state index in [2.05, 4.69) is 10.3 Å². The maximum atomic E-state index is 10.9. The number of anilines is 1. The van der Waals surface area contributed by atoms with Gasteiger partial charge < -0.3 is 15.2 Å². The highest BCUT2D eigenvalue weighted by Crippen LogP contribution is 2.20. The summed E-state index contributed by atoms with van der Waals surface area (Å²) in [4.78, 5) is 14.9. The first kappa shape index (κ1) is 14.1. The lowest BCUT2D eigenvalue weighted by atomic mass is 10.2. The molecule has 1 aromatic rings. The first-order valence-corrected chi connectivity index (χ1v) is 6.79. The van der Waals surface area contributed by atoms with Crippen LogP contribution in [-0.4, -0.2) is 35.3 Å². The highest BCUT2D eigenvalue weighted by molar-refractivity contribution is 6.29. The lowest BCUT2D eigenvalue weighted by Crippen LogP contribution is -2.16. The first-order chi connectivity index (χ1) is 9.15. The fourth-order valence-corrected chi connectivity index (χ4v) is 2.38. The van der Waals surface area contributed by atoms with Crippen LogP contribution in [-0.2, 0) is 4.74 Å². The van der Waals surface area contributed by atoms with Gasteiger partial charge in [0.15, 0.2) is 0 Å². The number of halogens is 1. The summed E-state index contributed by atoms with van der Waals surface area (Å²) < 4.78 is 5.69. The van der Waals surface area contributed by atoms with Crippen molar-refractivity contribution in [3.63, 3.8) is 0 Å². The van der Waals surface area contributed by atoms with Gasteiger partial charge in [0.1, 0.15) is 11.0 Å². The van der Waals surface area contributed by atoms with E-state index in [9.17, 15) is 4.79 Å². The molecule has 1 fully saturated rings. The quantitative estimate of drug-likeness (QED) is 0.621. The Morgan fingerprint density at radius 2 is 2.21 bits per heavy atom. The molecular formula is C13H17ClN2O3. The second-order valence-electron chi connectivity index (χ2n) is 4.57. The molecule has 104 valence electrons. The monoisotopic (exact) mass is 284 g/mol. The molecule has 0 radical (unpaired) electrons. The summed E-state index contributed by atoms with van der Waals surface area (Å²) in [6.07, 6.45) is 5.15. The zero-order valence-corrected chi connectivity index (χ0v) is 11.3. The smallest absolute Gasteiger partial charge is 0.335 e. The van der Waals surface area contributed by atoms with Crippen molar-refractivity contribution in [2.24, 2.45) is 0 Å². The summed E-state index contributed by atoms with van der Waals surface area (Å²) in [7, 11) is 0. The molecule has 0 atom stereocenters. The van der Waals surface area contributed by atoms with Gasteiger partial charge in [-0.15, -0.1) is 0 Å². The van der Waals surface area contributed by atoms with E-state index in [-0.39, 0.29) is 10.7 Å². The lowest BCUT2D eigenvalue weighted by Gasteiger charge is -2.12. The van der Waals surface area contributed by atoms with E-state index in [1.807, 2.05) is 0 Å².